The van der Waals surface area contributed by atoms with E-state index in [0.29, 0.717) is 12.1 Å². The lowest BCUT2D eigenvalue weighted by atomic mass is 10.2. The first-order chi connectivity index (χ1) is 12.5. The fourth-order valence-electron chi connectivity index (χ4n) is 2.91. The minimum absolute atomic E-state index is 0.00426. The van der Waals surface area contributed by atoms with Gasteiger partial charge in [0.05, 0.1) is 6.04 Å². The Morgan fingerprint density at radius 2 is 2.12 bits per heavy atom. The molecule has 146 valence electrons. The Hall–Kier alpha value is -1.60. The molecule has 1 amide bonds. The highest BCUT2D eigenvalue weighted by Crippen LogP contribution is 2.27. The minimum atomic E-state index is 0.00426. The lowest BCUT2D eigenvalue weighted by Gasteiger charge is -2.28. The van der Waals surface area contributed by atoms with E-state index in [-0.39, 0.29) is 12.5 Å². The molecule has 7 heteroatoms. The monoisotopic (exact) mass is 379 g/mol. The molecular weight excluding hydrogens is 346 g/mol. The van der Waals surface area contributed by atoms with Crippen molar-refractivity contribution in [1.82, 2.24) is 20.4 Å². The summed E-state index contributed by atoms with van der Waals surface area (Å²) >= 11 is 1.81. The molecule has 2 heterocycles. The maximum absolute atomic E-state index is 11.9. The number of nitrogens with one attached hydrogen (secondary N) is 2. The van der Waals surface area contributed by atoms with Gasteiger partial charge in [-0.1, -0.05) is 13.0 Å². The first kappa shape index (κ1) is 20.7. The van der Waals surface area contributed by atoms with E-state index >= 15 is 0 Å². The second-order valence-electron chi connectivity index (χ2n) is 7.06. The number of carbonyl (C=O) groups excluding carboxylic acids is 1. The number of guanidine groups is 1. The minimum Gasteiger partial charge on any atom is -0.354 e. The number of hydrogen-bond acceptors (Lipinski definition) is 4. The lowest BCUT2D eigenvalue weighted by Crippen LogP contribution is -2.46. The normalized spacial score (nSPS) is 17.8. The topological polar surface area (TPSA) is 60.0 Å². The fourth-order valence-corrected chi connectivity index (χ4v) is 3.77. The molecule has 1 aliphatic heterocycles. The van der Waals surface area contributed by atoms with Crippen LogP contribution in [0, 0.1) is 0 Å². The molecular formula is C19H33N5OS. The summed E-state index contributed by atoms with van der Waals surface area (Å²) in [6.07, 6.45) is 3.54. The van der Waals surface area contributed by atoms with Gasteiger partial charge in [0.15, 0.2) is 5.96 Å². The summed E-state index contributed by atoms with van der Waals surface area (Å²) < 4.78 is 0. The van der Waals surface area contributed by atoms with Crippen LogP contribution in [-0.4, -0.2) is 68.0 Å². The lowest BCUT2D eigenvalue weighted by molar-refractivity contribution is -0.127. The van der Waals surface area contributed by atoms with Gasteiger partial charge in [-0.2, -0.15) is 0 Å². The van der Waals surface area contributed by atoms with E-state index in [9.17, 15) is 4.79 Å². The number of hydrogen-bond donors (Lipinski definition) is 2. The van der Waals surface area contributed by atoms with Crippen LogP contribution in [0.4, 0.5) is 0 Å². The van der Waals surface area contributed by atoms with Crippen LogP contribution in [0.2, 0.25) is 0 Å². The number of amides is 1. The van der Waals surface area contributed by atoms with Crippen molar-refractivity contribution in [2.45, 2.75) is 45.2 Å². The molecule has 2 atom stereocenters. The Bertz CT molecular complexity index is 566. The molecule has 26 heavy (non-hydrogen) atoms. The summed E-state index contributed by atoms with van der Waals surface area (Å²) in [5.41, 5.74) is 0. The van der Waals surface area contributed by atoms with Crippen molar-refractivity contribution in [2.24, 2.45) is 4.99 Å². The predicted molar refractivity (Wildman–Crippen MR) is 110 cm³/mol. The standard InChI is InChI=1S/C19H33N5OS/c1-5-15(2)22-19(21-14-18(25)23(3)4)20-13-16(17-9-8-12-26-17)24-10-6-7-11-24/h8-9,12,15-16H,5-7,10-11,13-14H2,1-4H3,(H2,20,21,22). The highest BCUT2D eigenvalue weighted by atomic mass is 32.1. The quantitative estimate of drug-likeness (QED) is 0.537. The van der Waals surface area contributed by atoms with E-state index in [0.717, 1.165) is 32.0 Å². The molecule has 0 radical (unpaired) electrons. The highest BCUT2D eigenvalue weighted by molar-refractivity contribution is 7.10. The fraction of sp³-hybridized carbons (Fsp3) is 0.684. The molecule has 0 aliphatic carbocycles. The summed E-state index contributed by atoms with van der Waals surface area (Å²) in [5, 5.41) is 9.02. The number of likely N-dealkylation sites (N-methyl/N-ethyl adjacent to an activating group) is 1. The van der Waals surface area contributed by atoms with Gasteiger partial charge in [0.1, 0.15) is 6.54 Å². The van der Waals surface area contributed by atoms with Crippen molar-refractivity contribution in [3.63, 3.8) is 0 Å². The molecule has 2 rings (SSSR count). The number of nitrogens with zero attached hydrogens (tertiary/aromatic N) is 3. The van der Waals surface area contributed by atoms with Gasteiger partial charge in [0, 0.05) is 31.6 Å². The summed E-state index contributed by atoms with van der Waals surface area (Å²) in [7, 11) is 3.51. The van der Waals surface area contributed by atoms with E-state index in [1.165, 1.54) is 17.7 Å². The Balaban J connectivity index is 2.04. The number of rotatable bonds is 8. The third kappa shape index (κ3) is 6.29. The van der Waals surface area contributed by atoms with Crippen LogP contribution < -0.4 is 10.6 Å². The highest BCUT2D eigenvalue weighted by Gasteiger charge is 2.24. The van der Waals surface area contributed by atoms with Gasteiger partial charge in [-0.25, -0.2) is 4.99 Å². The maximum Gasteiger partial charge on any atom is 0.243 e. The smallest absolute Gasteiger partial charge is 0.243 e. The number of likely N-dealkylation sites (tertiary alicyclic amines) is 1. The van der Waals surface area contributed by atoms with Crippen LogP contribution in [0.3, 0.4) is 0 Å². The SMILES string of the molecule is CCC(C)NC(=NCC(=O)N(C)C)NCC(c1cccs1)N1CCCC1. The van der Waals surface area contributed by atoms with Gasteiger partial charge >= 0.3 is 0 Å². The van der Waals surface area contributed by atoms with Gasteiger partial charge < -0.3 is 15.5 Å². The molecule has 1 aromatic heterocycles. The van der Waals surface area contributed by atoms with Crippen LogP contribution in [0.5, 0.6) is 0 Å². The molecule has 6 nitrogen and oxygen atoms in total. The van der Waals surface area contributed by atoms with Crippen LogP contribution in [0.1, 0.15) is 44.0 Å². The largest absolute Gasteiger partial charge is 0.354 e. The third-order valence-electron chi connectivity index (χ3n) is 4.78. The third-order valence-corrected chi connectivity index (χ3v) is 5.76. The van der Waals surface area contributed by atoms with Crippen molar-refractivity contribution in [2.75, 3.05) is 40.3 Å². The van der Waals surface area contributed by atoms with Crippen LogP contribution in [-0.2, 0) is 4.79 Å². The van der Waals surface area contributed by atoms with Gasteiger partial charge in [0.2, 0.25) is 5.91 Å². The van der Waals surface area contributed by atoms with E-state index in [2.05, 4.69) is 51.9 Å². The van der Waals surface area contributed by atoms with Crippen molar-refractivity contribution in [3.05, 3.63) is 22.4 Å². The Labute approximate surface area is 161 Å². The van der Waals surface area contributed by atoms with Gasteiger partial charge in [-0.05, 0) is 50.7 Å². The average Bonchev–Trinajstić information content (AvgIpc) is 3.33. The average molecular weight is 380 g/mol. The molecule has 1 aromatic rings. The molecule has 0 spiro atoms. The molecule has 2 N–H and O–H groups in total. The zero-order chi connectivity index (χ0) is 18.9. The van der Waals surface area contributed by atoms with Gasteiger partial charge in [-0.15, -0.1) is 11.3 Å². The number of thiophene rings is 1. The molecule has 2 unspecified atom stereocenters. The van der Waals surface area contributed by atoms with Crippen molar-refractivity contribution >= 4 is 23.2 Å². The Morgan fingerprint density at radius 3 is 2.69 bits per heavy atom. The molecule has 0 aromatic carbocycles. The molecule has 1 aliphatic rings. The van der Waals surface area contributed by atoms with Gasteiger partial charge in [-0.3, -0.25) is 9.69 Å². The van der Waals surface area contributed by atoms with Crippen LogP contribution >= 0.6 is 11.3 Å². The van der Waals surface area contributed by atoms with Crippen molar-refractivity contribution in [3.8, 4) is 0 Å². The first-order valence-electron chi connectivity index (χ1n) is 9.53. The van der Waals surface area contributed by atoms with Crippen molar-refractivity contribution < 1.29 is 4.79 Å². The van der Waals surface area contributed by atoms with Crippen LogP contribution in [0.15, 0.2) is 22.5 Å². The first-order valence-corrected chi connectivity index (χ1v) is 10.4. The Morgan fingerprint density at radius 1 is 1.38 bits per heavy atom. The van der Waals surface area contributed by atoms with E-state index in [1.54, 1.807) is 19.0 Å². The number of aliphatic imine (C=N–C) groups is 1. The summed E-state index contributed by atoms with van der Waals surface area (Å²) in [4.78, 5) is 21.9. The molecule has 0 saturated carbocycles. The molecule has 1 fully saturated rings. The maximum atomic E-state index is 11.9. The van der Waals surface area contributed by atoms with E-state index < -0.39 is 0 Å². The van der Waals surface area contributed by atoms with E-state index in [4.69, 9.17) is 0 Å². The van der Waals surface area contributed by atoms with Crippen LogP contribution in [0.25, 0.3) is 0 Å². The Kier molecular flexibility index (Phi) is 8.38. The zero-order valence-electron chi connectivity index (χ0n) is 16.5. The summed E-state index contributed by atoms with van der Waals surface area (Å²) in [6.45, 7) is 7.51. The zero-order valence-corrected chi connectivity index (χ0v) is 17.3. The number of carbonyl (C=O) groups is 1. The molecule has 1 saturated heterocycles. The van der Waals surface area contributed by atoms with Crippen molar-refractivity contribution in [1.29, 1.82) is 0 Å². The van der Waals surface area contributed by atoms with E-state index in [1.807, 2.05) is 11.3 Å². The summed E-state index contributed by atoms with van der Waals surface area (Å²) in [5.74, 6) is 0.722. The second-order valence-corrected chi connectivity index (χ2v) is 8.04. The summed E-state index contributed by atoms with van der Waals surface area (Å²) in [6, 6.07) is 4.99. The van der Waals surface area contributed by atoms with Gasteiger partial charge in [0.25, 0.3) is 0 Å². The predicted octanol–water partition coefficient (Wildman–Crippen LogP) is 2.31. The second kappa shape index (κ2) is 10.5. The molecule has 0 bridgehead atoms.